The van der Waals surface area contributed by atoms with Crippen LogP contribution in [-0.4, -0.2) is 17.6 Å². The summed E-state index contributed by atoms with van der Waals surface area (Å²) in [4.78, 5) is 4.22. The molecule has 0 aromatic carbocycles. The summed E-state index contributed by atoms with van der Waals surface area (Å²) in [7, 11) is 0. The molecule has 0 atom stereocenters. The van der Waals surface area contributed by atoms with Crippen LogP contribution in [0.1, 0.15) is 19.7 Å². The number of furan rings is 1. The van der Waals surface area contributed by atoms with Crippen LogP contribution in [0.5, 0.6) is 0 Å². The van der Waals surface area contributed by atoms with Gasteiger partial charge in [-0.2, -0.15) is 0 Å². The maximum atomic E-state index is 5.60. The van der Waals surface area contributed by atoms with Gasteiger partial charge in [-0.15, -0.1) is 0 Å². The van der Waals surface area contributed by atoms with Gasteiger partial charge in [0.05, 0.1) is 18.0 Å². The van der Waals surface area contributed by atoms with Crippen LogP contribution >= 0.6 is 0 Å². The van der Waals surface area contributed by atoms with Gasteiger partial charge in [0.25, 0.3) is 0 Å². The second-order valence-corrected chi connectivity index (χ2v) is 3.99. The van der Waals surface area contributed by atoms with Crippen molar-refractivity contribution in [1.29, 1.82) is 0 Å². The fraction of sp³-hybridized carbons (Fsp3) is 0.417. The first kappa shape index (κ1) is 11.0. The lowest BCUT2D eigenvalue weighted by molar-refractivity contribution is 0.484. The van der Waals surface area contributed by atoms with Crippen LogP contribution in [-0.2, 0) is 6.42 Å². The Hall–Kier alpha value is -1.55. The molecule has 0 bridgehead atoms. The van der Waals surface area contributed by atoms with Gasteiger partial charge in [0.15, 0.2) is 11.7 Å². The second-order valence-electron chi connectivity index (χ2n) is 3.99. The number of hydrogen-bond donors (Lipinski definition) is 1. The molecule has 4 nitrogen and oxygen atoms in total. The van der Waals surface area contributed by atoms with Crippen molar-refractivity contribution in [3.05, 3.63) is 30.7 Å². The third kappa shape index (κ3) is 2.73. The molecule has 0 unspecified atom stereocenters. The molecule has 2 aromatic heterocycles. The van der Waals surface area contributed by atoms with Crippen molar-refractivity contribution in [3.63, 3.8) is 0 Å². The van der Waals surface area contributed by atoms with Crippen LogP contribution in [0.3, 0.4) is 0 Å². The first-order chi connectivity index (χ1) is 7.75. The van der Waals surface area contributed by atoms with Crippen LogP contribution in [0.2, 0.25) is 0 Å². The van der Waals surface area contributed by atoms with E-state index in [1.165, 1.54) is 0 Å². The van der Waals surface area contributed by atoms with E-state index in [0.29, 0.717) is 6.04 Å². The van der Waals surface area contributed by atoms with Crippen molar-refractivity contribution in [2.75, 3.05) is 6.54 Å². The molecule has 2 aromatic rings. The van der Waals surface area contributed by atoms with E-state index < -0.39 is 0 Å². The minimum atomic E-state index is 0.489. The molecule has 0 saturated carbocycles. The van der Waals surface area contributed by atoms with Gasteiger partial charge < -0.3 is 14.2 Å². The number of hydrogen-bond acceptors (Lipinski definition) is 4. The largest absolute Gasteiger partial charge is 0.472 e. The highest BCUT2D eigenvalue weighted by atomic mass is 16.4. The Bertz CT molecular complexity index is 418. The molecule has 0 aliphatic carbocycles. The predicted molar refractivity (Wildman–Crippen MR) is 61.0 cm³/mol. The highest BCUT2D eigenvalue weighted by molar-refractivity contribution is 5.53. The maximum Gasteiger partial charge on any atom is 0.196 e. The third-order valence-corrected chi connectivity index (χ3v) is 2.25. The molecule has 2 rings (SSSR count). The van der Waals surface area contributed by atoms with E-state index >= 15 is 0 Å². The normalized spacial score (nSPS) is 11.2. The van der Waals surface area contributed by atoms with Crippen molar-refractivity contribution in [2.45, 2.75) is 26.3 Å². The summed E-state index contributed by atoms with van der Waals surface area (Å²) in [6.07, 6.45) is 5.81. The lowest BCUT2D eigenvalue weighted by Gasteiger charge is -2.05. The lowest BCUT2D eigenvalue weighted by atomic mass is 10.3. The van der Waals surface area contributed by atoms with Crippen LogP contribution in [0.4, 0.5) is 0 Å². The molecule has 16 heavy (non-hydrogen) atoms. The highest BCUT2D eigenvalue weighted by Gasteiger charge is 2.07. The first-order valence-electron chi connectivity index (χ1n) is 5.46. The number of oxazole rings is 1. The number of aromatic nitrogens is 1. The summed E-state index contributed by atoms with van der Waals surface area (Å²) in [5.74, 6) is 1.51. The quantitative estimate of drug-likeness (QED) is 0.841. The summed E-state index contributed by atoms with van der Waals surface area (Å²) in [5, 5.41) is 3.32. The predicted octanol–water partition coefficient (Wildman–Crippen LogP) is 2.48. The topological polar surface area (TPSA) is 51.2 Å². The standard InChI is InChI=1S/C12H16N2O2/c1-9(2)13-5-3-12-14-7-11(16-12)10-4-6-15-8-10/h4,6-9,13H,3,5H2,1-2H3. The summed E-state index contributed by atoms with van der Waals surface area (Å²) in [5.41, 5.74) is 0.926. The molecule has 2 heterocycles. The van der Waals surface area contributed by atoms with Crippen LogP contribution < -0.4 is 5.32 Å². The maximum absolute atomic E-state index is 5.60. The van der Waals surface area contributed by atoms with Gasteiger partial charge in [-0.1, -0.05) is 13.8 Å². The zero-order valence-electron chi connectivity index (χ0n) is 9.56. The second kappa shape index (κ2) is 4.99. The Kier molecular flexibility index (Phi) is 3.41. The number of nitrogens with zero attached hydrogens (tertiary/aromatic N) is 1. The van der Waals surface area contributed by atoms with Gasteiger partial charge in [-0.3, -0.25) is 0 Å². The minimum Gasteiger partial charge on any atom is -0.472 e. The Morgan fingerprint density at radius 3 is 3.00 bits per heavy atom. The molecule has 0 saturated heterocycles. The summed E-state index contributed by atoms with van der Waals surface area (Å²) in [6.45, 7) is 5.11. The Morgan fingerprint density at radius 2 is 2.31 bits per heavy atom. The fourth-order valence-electron chi connectivity index (χ4n) is 1.43. The summed E-state index contributed by atoms with van der Waals surface area (Å²) >= 11 is 0. The van der Waals surface area contributed by atoms with Gasteiger partial charge >= 0.3 is 0 Å². The molecule has 0 radical (unpaired) electrons. The molecule has 4 heteroatoms. The molecule has 1 N–H and O–H groups in total. The molecular formula is C12H16N2O2. The van der Waals surface area contributed by atoms with E-state index in [1.807, 2.05) is 6.07 Å². The van der Waals surface area contributed by atoms with Crippen LogP contribution in [0.15, 0.2) is 33.6 Å². The van der Waals surface area contributed by atoms with Gasteiger partial charge in [0.2, 0.25) is 0 Å². The van der Waals surface area contributed by atoms with Crippen molar-refractivity contribution in [3.8, 4) is 11.3 Å². The molecule has 0 spiro atoms. The van der Waals surface area contributed by atoms with Crippen molar-refractivity contribution in [1.82, 2.24) is 10.3 Å². The lowest BCUT2D eigenvalue weighted by Crippen LogP contribution is -2.24. The van der Waals surface area contributed by atoms with Crippen molar-refractivity contribution >= 4 is 0 Å². The van der Waals surface area contributed by atoms with E-state index in [9.17, 15) is 0 Å². The van der Waals surface area contributed by atoms with E-state index in [-0.39, 0.29) is 0 Å². The van der Waals surface area contributed by atoms with Gasteiger partial charge in [0.1, 0.15) is 6.26 Å². The third-order valence-electron chi connectivity index (χ3n) is 2.25. The molecule has 0 fully saturated rings. The smallest absolute Gasteiger partial charge is 0.196 e. The summed E-state index contributed by atoms with van der Waals surface area (Å²) in [6, 6.07) is 2.35. The van der Waals surface area contributed by atoms with E-state index in [0.717, 1.165) is 30.2 Å². The zero-order chi connectivity index (χ0) is 11.4. The summed E-state index contributed by atoms with van der Waals surface area (Å²) < 4.78 is 10.6. The zero-order valence-corrected chi connectivity index (χ0v) is 9.56. The van der Waals surface area contributed by atoms with Gasteiger partial charge in [-0.25, -0.2) is 4.98 Å². The fourth-order valence-corrected chi connectivity index (χ4v) is 1.43. The Balaban J connectivity index is 1.93. The highest BCUT2D eigenvalue weighted by Crippen LogP contribution is 2.20. The average Bonchev–Trinajstić information content (AvgIpc) is 2.85. The Morgan fingerprint density at radius 1 is 1.44 bits per heavy atom. The van der Waals surface area contributed by atoms with Crippen molar-refractivity contribution < 1.29 is 8.83 Å². The van der Waals surface area contributed by atoms with E-state index in [4.69, 9.17) is 8.83 Å². The van der Waals surface area contributed by atoms with E-state index in [2.05, 4.69) is 24.1 Å². The van der Waals surface area contributed by atoms with Gasteiger partial charge in [-0.05, 0) is 6.07 Å². The van der Waals surface area contributed by atoms with Crippen molar-refractivity contribution in [2.24, 2.45) is 0 Å². The monoisotopic (exact) mass is 220 g/mol. The van der Waals surface area contributed by atoms with Crippen LogP contribution in [0, 0.1) is 0 Å². The number of nitrogens with one attached hydrogen (secondary N) is 1. The molecule has 0 amide bonds. The molecule has 0 aliphatic heterocycles. The average molecular weight is 220 g/mol. The minimum absolute atomic E-state index is 0.489. The SMILES string of the molecule is CC(C)NCCc1ncc(-c2ccoc2)o1. The van der Waals surface area contributed by atoms with E-state index in [1.54, 1.807) is 18.7 Å². The molecular weight excluding hydrogens is 204 g/mol. The molecule has 86 valence electrons. The molecule has 0 aliphatic rings. The van der Waals surface area contributed by atoms with Gasteiger partial charge in [0, 0.05) is 19.0 Å². The Labute approximate surface area is 94.7 Å². The number of rotatable bonds is 5. The van der Waals surface area contributed by atoms with Crippen LogP contribution in [0.25, 0.3) is 11.3 Å². The first-order valence-corrected chi connectivity index (χ1v) is 5.46.